The van der Waals surface area contributed by atoms with Crippen LogP contribution in [0.4, 0.5) is 0 Å². The van der Waals surface area contributed by atoms with Crippen molar-refractivity contribution >= 4 is 46.8 Å². The average Bonchev–Trinajstić information content (AvgIpc) is 2.84. The molecule has 3 rings (SSSR count). The van der Waals surface area contributed by atoms with Gasteiger partial charge in [0.05, 0.1) is 0 Å². The lowest BCUT2D eigenvalue weighted by Gasteiger charge is -2.32. The van der Waals surface area contributed by atoms with Gasteiger partial charge in [0.15, 0.2) is 0 Å². The summed E-state index contributed by atoms with van der Waals surface area (Å²) in [5.74, 6) is 0.336. The molecule has 0 bridgehead atoms. The van der Waals surface area contributed by atoms with Crippen molar-refractivity contribution in [3.63, 3.8) is 0 Å². The summed E-state index contributed by atoms with van der Waals surface area (Å²) in [7, 11) is 0. The van der Waals surface area contributed by atoms with Gasteiger partial charge >= 0.3 is 0 Å². The summed E-state index contributed by atoms with van der Waals surface area (Å²) in [6.07, 6.45) is 0.713. The minimum atomic E-state index is -0.664. The van der Waals surface area contributed by atoms with E-state index in [1.807, 2.05) is 67.6 Å². The Hall–Kier alpha value is -2.47. The van der Waals surface area contributed by atoms with Crippen LogP contribution in [-0.2, 0) is 22.6 Å². The molecule has 34 heavy (non-hydrogen) atoms. The molecule has 0 aromatic heterocycles. The summed E-state index contributed by atoms with van der Waals surface area (Å²) >= 11 is 14.1. The van der Waals surface area contributed by atoms with Crippen LogP contribution >= 0.6 is 35.0 Å². The average molecular weight is 516 g/mol. The fourth-order valence-corrected chi connectivity index (χ4v) is 4.93. The number of hydrogen-bond donors (Lipinski definition) is 1. The first-order chi connectivity index (χ1) is 16.5. The van der Waals surface area contributed by atoms with Crippen molar-refractivity contribution in [3.8, 4) is 0 Å². The van der Waals surface area contributed by atoms with Gasteiger partial charge in [-0.25, -0.2) is 0 Å². The van der Waals surface area contributed by atoms with Gasteiger partial charge in [-0.2, -0.15) is 0 Å². The van der Waals surface area contributed by atoms with E-state index >= 15 is 0 Å². The van der Waals surface area contributed by atoms with Crippen molar-refractivity contribution in [3.05, 3.63) is 100 Å². The van der Waals surface area contributed by atoms with Crippen molar-refractivity contribution in [2.24, 2.45) is 0 Å². The van der Waals surface area contributed by atoms with Gasteiger partial charge in [-0.05, 0) is 42.3 Å². The Labute approximate surface area is 215 Å². The molecule has 0 radical (unpaired) electrons. The Morgan fingerprint density at radius 3 is 2.29 bits per heavy atom. The summed E-state index contributed by atoms with van der Waals surface area (Å²) in [5.41, 5.74) is 1.73. The minimum Gasteiger partial charge on any atom is -0.355 e. The maximum atomic E-state index is 13.5. The van der Waals surface area contributed by atoms with Crippen LogP contribution in [0.1, 0.15) is 24.5 Å². The summed E-state index contributed by atoms with van der Waals surface area (Å²) in [6.45, 7) is 2.58. The normalized spacial score (nSPS) is 11.6. The van der Waals surface area contributed by atoms with Crippen molar-refractivity contribution in [1.29, 1.82) is 0 Å². The number of carbonyl (C=O) groups excluding carboxylic acids is 2. The lowest BCUT2D eigenvalue weighted by Crippen LogP contribution is -2.50. The Kier molecular flexibility index (Phi) is 10.3. The highest BCUT2D eigenvalue weighted by Gasteiger charge is 2.30. The fourth-order valence-electron chi connectivity index (χ4n) is 3.60. The van der Waals surface area contributed by atoms with Crippen LogP contribution in [0.25, 0.3) is 0 Å². The highest BCUT2D eigenvalue weighted by molar-refractivity contribution is 7.99. The zero-order chi connectivity index (χ0) is 24.3. The Morgan fingerprint density at radius 2 is 1.65 bits per heavy atom. The number of thioether (sulfide) groups is 1. The molecule has 0 heterocycles. The van der Waals surface area contributed by atoms with Gasteiger partial charge in [-0.15, -0.1) is 11.8 Å². The van der Waals surface area contributed by atoms with Gasteiger partial charge in [-0.1, -0.05) is 77.8 Å². The molecule has 3 aromatic carbocycles. The van der Waals surface area contributed by atoms with E-state index in [-0.39, 0.29) is 18.4 Å². The highest BCUT2D eigenvalue weighted by atomic mass is 35.5. The van der Waals surface area contributed by atoms with E-state index in [9.17, 15) is 9.59 Å². The molecular formula is C27H28Cl2N2O2S. The SMILES string of the molecule is CCNC(=O)[C@@H](Cc1ccccc1)N(Cc1ccc(Cl)cc1Cl)C(=O)CCSc1ccccc1. The van der Waals surface area contributed by atoms with Crippen LogP contribution in [0.5, 0.6) is 0 Å². The van der Waals surface area contributed by atoms with Gasteiger partial charge in [0.1, 0.15) is 6.04 Å². The van der Waals surface area contributed by atoms with Crippen molar-refractivity contribution in [2.75, 3.05) is 12.3 Å². The van der Waals surface area contributed by atoms with Crippen LogP contribution in [-0.4, -0.2) is 35.1 Å². The molecule has 1 atom stereocenters. The number of carbonyl (C=O) groups is 2. The molecule has 3 aromatic rings. The van der Waals surface area contributed by atoms with E-state index in [4.69, 9.17) is 23.2 Å². The highest BCUT2D eigenvalue weighted by Crippen LogP contribution is 2.25. The van der Waals surface area contributed by atoms with E-state index in [1.54, 1.807) is 34.9 Å². The molecule has 2 amide bonds. The molecule has 7 heteroatoms. The first kappa shape index (κ1) is 26.1. The smallest absolute Gasteiger partial charge is 0.243 e. The maximum absolute atomic E-state index is 13.5. The van der Waals surface area contributed by atoms with E-state index in [2.05, 4.69) is 5.32 Å². The monoisotopic (exact) mass is 514 g/mol. The minimum absolute atomic E-state index is 0.0957. The second kappa shape index (κ2) is 13.4. The number of benzene rings is 3. The van der Waals surface area contributed by atoms with Crippen LogP contribution in [0.3, 0.4) is 0 Å². The summed E-state index contributed by atoms with van der Waals surface area (Å²) < 4.78 is 0. The molecular weight excluding hydrogens is 487 g/mol. The predicted octanol–water partition coefficient (Wildman–Crippen LogP) is 6.25. The van der Waals surface area contributed by atoms with Crippen molar-refractivity contribution in [2.45, 2.75) is 37.2 Å². The quantitative estimate of drug-likeness (QED) is 0.307. The number of hydrogen-bond acceptors (Lipinski definition) is 3. The fraction of sp³-hybridized carbons (Fsp3) is 0.259. The molecule has 0 aliphatic rings. The number of halogens is 2. The van der Waals surface area contributed by atoms with Gasteiger partial charge in [0.25, 0.3) is 0 Å². The molecule has 178 valence electrons. The first-order valence-corrected chi connectivity index (χ1v) is 12.9. The molecule has 0 aliphatic carbocycles. The van der Waals surface area contributed by atoms with Gasteiger partial charge in [0.2, 0.25) is 11.8 Å². The lowest BCUT2D eigenvalue weighted by atomic mass is 10.0. The van der Waals surface area contributed by atoms with Crippen LogP contribution in [0, 0.1) is 0 Å². The summed E-state index contributed by atoms with van der Waals surface area (Å²) in [5, 5.41) is 3.89. The van der Waals surface area contributed by atoms with Gasteiger partial charge < -0.3 is 10.2 Å². The van der Waals surface area contributed by atoms with Crippen LogP contribution < -0.4 is 5.32 Å². The molecule has 0 saturated carbocycles. The van der Waals surface area contributed by atoms with Crippen LogP contribution in [0.2, 0.25) is 10.0 Å². The largest absolute Gasteiger partial charge is 0.355 e. The van der Waals surface area contributed by atoms with E-state index in [0.717, 1.165) is 16.0 Å². The third-order valence-electron chi connectivity index (χ3n) is 5.31. The summed E-state index contributed by atoms with van der Waals surface area (Å²) in [4.78, 5) is 29.4. The van der Waals surface area contributed by atoms with Crippen molar-refractivity contribution < 1.29 is 9.59 Å². The third kappa shape index (κ3) is 7.79. The predicted molar refractivity (Wildman–Crippen MR) is 141 cm³/mol. The van der Waals surface area contributed by atoms with Crippen LogP contribution in [0.15, 0.2) is 83.8 Å². The second-order valence-electron chi connectivity index (χ2n) is 7.77. The Balaban J connectivity index is 1.86. The van der Waals surface area contributed by atoms with Gasteiger partial charge in [-0.3, -0.25) is 9.59 Å². The Bertz CT molecular complexity index is 1080. The van der Waals surface area contributed by atoms with E-state index < -0.39 is 6.04 Å². The standard InChI is InChI=1S/C27H28Cl2N2O2S/c1-2-30-27(33)25(17-20-9-5-3-6-10-20)31(19-21-13-14-22(28)18-24(21)29)26(32)15-16-34-23-11-7-4-8-12-23/h3-14,18,25H,2,15-17,19H2,1H3,(H,30,33)/t25-/m1/s1. The summed E-state index contributed by atoms with van der Waals surface area (Å²) in [6, 6.07) is 24.2. The Morgan fingerprint density at radius 1 is 0.971 bits per heavy atom. The second-order valence-corrected chi connectivity index (χ2v) is 9.78. The number of amides is 2. The number of nitrogens with one attached hydrogen (secondary N) is 1. The number of rotatable bonds is 11. The lowest BCUT2D eigenvalue weighted by molar-refractivity contribution is -0.140. The topological polar surface area (TPSA) is 49.4 Å². The van der Waals surface area contributed by atoms with E-state index in [1.165, 1.54) is 0 Å². The number of nitrogens with zero attached hydrogens (tertiary/aromatic N) is 1. The molecule has 0 fully saturated rings. The molecule has 0 saturated heterocycles. The molecule has 0 spiro atoms. The van der Waals surface area contributed by atoms with Crippen molar-refractivity contribution in [1.82, 2.24) is 10.2 Å². The van der Waals surface area contributed by atoms with E-state index in [0.29, 0.717) is 35.2 Å². The molecule has 1 N–H and O–H groups in total. The number of likely N-dealkylation sites (N-methyl/N-ethyl adjacent to an activating group) is 1. The molecule has 0 aliphatic heterocycles. The zero-order valence-electron chi connectivity index (χ0n) is 19.0. The maximum Gasteiger partial charge on any atom is 0.243 e. The third-order valence-corrected chi connectivity index (χ3v) is 6.91. The zero-order valence-corrected chi connectivity index (χ0v) is 21.4. The molecule has 4 nitrogen and oxygen atoms in total. The van der Waals surface area contributed by atoms with Gasteiger partial charge in [0, 0.05) is 46.6 Å². The molecule has 0 unspecified atom stereocenters. The first-order valence-electron chi connectivity index (χ1n) is 11.2.